The summed E-state index contributed by atoms with van der Waals surface area (Å²) in [5.41, 5.74) is 3.21. The van der Waals surface area contributed by atoms with Crippen molar-refractivity contribution in [2.24, 2.45) is 5.84 Å². The van der Waals surface area contributed by atoms with Gasteiger partial charge in [0.15, 0.2) is 0 Å². The number of nitrogen functional groups attached to an aromatic ring is 1. The number of nitrogens with two attached hydrogens (primary N) is 1. The third-order valence-electron chi connectivity index (χ3n) is 2.14. The highest BCUT2D eigenvalue weighted by atomic mass is 32.2. The predicted molar refractivity (Wildman–Crippen MR) is 68.7 cm³/mol. The van der Waals surface area contributed by atoms with E-state index < -0.39 is 9.84 Å². The van der Waals surface area contributed by atoms with Crippen LogP contribution >= 0.6 is 0 Å². The number of pyridine rings is 1. The van der Waals surface area contributed by atoms with Gasteiger partial charge < -0.3 is 10.7 Å². The fourth-order valence-electron chi connectivity index (χ4n) is 1.27. The van der Waals surface area contributed by atoms with Gasteiger partial charge in [-0.25, -0.2) is 8.42 Å². The standard InChI is InChI=1S/C10H16N4O3S/c1-18(16,17)6-2-4-13-10(15)9-7-8(14-11)3-5-12-9/h3,5,7H,2,4,6,11H2,1H3,(H,12,14)(H,13,15). The second-order valence-corrected chi connectivity index (χ2v) is 6.07. The summed E-state index contributed by atoms with van der Waals surface area (Å²) in [5.74, 6) is 4.90. The fraction of sp³-hybridized carbons (Fsp3) is 0.400. The normalized spacial score (nSPS) is 11.0. The SMILES string of the molecule is CS(=O)(=O)CCCNC(=O)c1cc(NN)ccn1. The number of nitrogens with one attached hydrogen (secondary N) is 2. The van der Waals surface area contributed by atoms with Gasteiger partial charge in [0.25, 0.3) is 5.91 Å². The Morgan fingerprint density at radius 3 is 2.83 bits per heavy atom. The molecule has 0 aliphatic carbocycles. The summed E-state index contributed by atoms with van der Waals surface area (Å²) in [6.45, 7) is 0.286. The topological polar surface area (TPSA) is 114 Å². The van der Waals surface area contributed by atoms with Gasteiger partial charge in [-0.15, -0.1) is 0 Å². The summed E-state index contributed by atoms with van der Waals surface area (Å²) < 4.78 is 21.8. The first-order chi connectivity index (χ1) is 8.42. The minimum atomic E-state index is -2.99. The van der Waals surface area contributed by atoms with E-state index >= 15 is 0 Å². The van der Waals surface area contributed by atoms with Crippen molar-refractivity contribution in [2.45, 2.75) is 6.42 Å². The Morgan fingerprint density at radius 2 is 2.22 bits per heavy atom. The Labute approximate surface area is 106 Å². The van der Waals surface area contributed by atoms with E-state index in [1.807, 2.05) is 0 Å². The second-order valence-electron chi connectivity index (χ2n) is 3.81. The molecule has 0 fully saturated rings. The van der Waals surface area contributed by atoms with Crippen LogP contribution in [0.25, 0.3) is 0 Å². The van der Waals surface area contributed by atoms with Crippen LogP contribution in [-0.2, 0) is 9.84 Å². The molecule has 4 N–H and O–H groups in total. The number of aromatic nitrogens is 1. The maximum atomic E-state index is 11.6. The molecule has 1 heterocycles. The molecule has 100 valence electrons. The molecule has 0 aromatic carbocycles. The molecule has 0 saturated carbocycles. The molecule has 1 amide bonds. The number of amides is 1. The van der Waals surface area contributed by atoms with E-state index in [2.05, 4.69) is 15.7 Å². The molecular formula is C10H16N4O3S. The van der Waals surface area contributed by atoms with Crippen LogP contribution in [0.15, 0.2) is 18.3 Å². The van der Waals surface area contributed by atoms with E-state index in [0.717, 1.165) is 6.26 Å². The number of hydrazine groups is 1. The molecule has 0 bridgehead atoms. The van der Waals surface area contributed by atoms with Crippen molar-refractivity contribution in [1.82, 2.24) is 10.3 Å². The quantitative estimate of drug-likeness (QED) is 0.366. The van der Waals surface area contributed by atoms with Crippen molar-refractivity contribution in [3.63, 3.8) is 0 Å². The summed E-state index contributed by atoms with van der Waals surface area (Å²) in [7, 11) is -2.99. The van der Waals surface area contributed by atoms with Gasteiger partial charge in [0.1, 0.15) is 15.5 Å². The van der Waals surface area contributed by atoms with E-state index in [1.165, 1.54) is 12.3 Å². The van der Waals surface area contributed by atoms with Crippen LogP contribution in [0.3, 0.4) is 0 Å². The van der Waals surface area contributed by atoms with Crippen LogP contribution in [0.2, 0.25) is 0 Å². The predicted octanol–water partition coefficient (Wildman–Crippen LogP) is -0.468. The molecular weight excluding hydrogens is 256 g/mol. The van der Waals surface area contributed by atoms with Crippen molar-refractivity contribution in [3.05, 3.63) is 24.0 Å². The first-order valence-electron chi connectivity index (χ1n) is 5.31. The lowest BCUT2D eigenvalue weighted by Crippen LogP contribution is -2.26. The van der Waals surface area contributed by atoms with E-state index in [1.54, 1.807) is 6.07 Å². The third-order valence-corrected chi connectivity index (χ3v) is 3.17. The molecule has 1 aromatic rings. The Hall–Kier alpha value is -1.67. The highest BCUT2D eigenvalue weighted by Gasteiger charge is 2.08. The Balaban J connectivity index is 2.45. The molecule has 7 nitrogen and oxygen atoms in total. The van der Waals surface area contributed by atoms with Crippen LogP contribution in [0, 0.1) is 0 Å². The molecule has 8 heteroatoms. The zero-order valence-corrected chi connectivity index (χ0v) is 10.8. The Kier molecular flexibility index (Phi) is 5.05. The van der Waals surface area contributed by atoms with Crippen molar-refractivity contribution in [3.8, 4) is 0 Å². The number of hydrogen-bond donors (Lipinski definition) is 3. The lowest BCUT2D eigenvalue weighted by atomic mass is 10.3. The summed E-state index contributed by atoms with van der Waals surface area (Å²) in [6, 6.07) is 3.13. The highest BCUT2D eigenvalue weighted by molar-refractivity contribution is 7.90. The molecule has 0 radical (unpaired) electrons. The van der Waals surface area contributed by atoms with E-state index in [0.29, 0.717) is 12.1 Å². The largest absolute Gasteiger partial charge is 0.351 e. The van der Waals surface area contributed by atoms with Crippen LogP contribution in [0.1, 0.15) is 16.9 Å². The lowest BCUT2D eigenvalue weighted by molar-refractivity contribution is 0.0949. The van der Waals surface area contributed by atoms with Crippen LogP contribution in [0.4, 0.5) is 5.69 Å². The van der Waals surface area contributed by atoms with Gasteiger partial charge >= 0.3 is 0 Å². The molecule has 0 unspecified atom stereocenters. The number of hydrogen-bond acceptors (Lipinski definition) is 6. The van der Waals surface area contributed by atoms with E-state index in [4.69, 9.17) is 5.84 Å². The van der Waals surface area contributed by atoms with Crippen LogP contribution in [0.5, 0.6) is 0 Å². The molecule has 1 aromatic heterocycles. The van der Waals surface area contributed by atoms with Gasteiger partial charge in [-0.1, -0.05) is 0 Å². The number of carbonyl (C=O) groups is 1. The van der Waals surface area contributed by atoms with Gasteiger partial charge in [-0.2, -0.15) is 0 Å². The maximum absolute atomic E-state index is 11.6. The first kappa shape index (κ1) is 14.4. The van der Waals surface area contributed by atoms with E-state index in [-0.39, 0.29) is 23.9 Å². The Bertz CT molecular complexity index is 516. The average molecular weight is 272 g/mol. The minimum absolute atomic E-state index is 0.0467. The van der Waals surface area contributed by atoms with E-state index in [9.17, 15) is 13.2 Å². The molecule has 0 saturated heterocycles. The van der Waals surface area contributed by atoms with Crippen molar-refractivity contribution in [2.75, 3.05) is 24.0 Å². The zero-order chi connectivity index (χ0) is 13.6. The molecule has 1 rings (SSSR count). The first-order valence-corrected chi connectivity index (χ1v) is 7.37. The summed E-state index contributed by atoms with van der Waals surface area (Å²) in [5, 5.41) is 2.59. The van der Waals surface area contributed by atoms with Crippen molar-refractivity contribution in [1.29, 1.82) is 0 Å². The van der Waals surface area contributed by atoms with Crippen LogP contribution in [-0.4, -0.2) is 37.9 Å². The number of sulfone groups is 1. The zero-order valence-electron chi connectivity index (χ0n) is 10.0. The second kappa shape index (κ2) is 6.31. The number of rotatable bonds is 6. The van der Waals surface area contributed by atoms with Crippen molar-refractivity contribution < 1.29 is 13.2 Å². The number of carbonyl (C=O) groups excluding carboxylic acids is 1. The molecule has 0 aliphatic heterocycles. The Morgan fingerprint density at radius 1 is 1.50 bits per heavy atom. The monoisotopic (exact) mass is 272 g/mol. The lowest BCUT2D eigenvalue weighted by Gasteiger charge is -2.05. The summed E-state index contributed by atoms with van der Waals surface area (Å²) in [6.07, 6.45) is 2.99. The van der Waals surface area contributed by atoms with Gasteiger partial charge in [-0.3, -0.25) is 15.6 Å². The van der Waals surface area contributed by atoms with Gasteiger partial charge in [0.05, 0.1) is 11.4 Å². The number of nitrogens with zero attached hydrogens (tertiary/aromatic N) is 1. The minimum Gasteiger partial charge on any atom is -0.351 e. The van der Waals surface area contributed by atoms with Gasteiger partial charge in [0, 0.05) is 19.0 Å². The molecule has 0 spiro atoms. The number of anilines is 1. The summed E-state index contributed by atoms with van der Waals surface area (Å²) >= 11 is 0. The average Bonchev–Trinajstić information content (AvgIpc) is 2.33. The maximum Gasteiger partial charge on any atom is 0.269 e. The summed E-state index contributed by atoms with van der Waals surface area (Å²) in [4.78, 5) is 15.5. The van der Waals surface area contributed by atoms with Crippen LogP contribution < -0.4 is 16.6 Å². The van der Waals surface area contributed by atoms with Crippen molar-refractivity contribution >= 4 is 21.4 Å². The third kappa shape index (κ3) is 5.11. The molecule has 18 heavy (non-hydrogen) atoms. The highest BCUT2D eigenvalue weighted by Crippen LogP contribution is 2.05. The molecule has 0 aliphatic rings. The smallest absolute Gasteiger partial charge is 0.269 e. The van der Waals surface area contributed by atoms with Gasteiger partial charge in [-0.05, 0) is 18.6 Å². The fourth-order valence-corrected chi connectivity index (χ4v) is 1.94. The van der Waals surface area contributed by atoms with Gasteiger partial charge in [0.2, 0.25) is 0 Å². The molecule has 0 atom stereocenters.